The van der Waals surface area contributed by atoms with E-state index in [9.17, 15) is 16.8 Å². The van der Waals surface area contributed by atoms with E-state index >= 15 is 0 Å². The molecule has 0 saturated heterocycles. The highest BCUT2D eigenvalue weighted by Gasteiger charge is 2.33. The van der Waals surface area contributed by atoms with Crippen molar-refractivity contribution in [1.82, 2.24) is 3.71 Å². The van der Waals surface area contributed by atoms with Crippen molar-refractivity contribution in [2.24, 2.45) is 9.98 Å². The fourth-order valence-electron chi connectivity index (χ4n) is 1.15. The van der Waals surface area contributed by atoms with Crippen LogP contribution in [0, 0.1) is 0 Å². The molecule has 10 heteroatoms. The first-order valence-corrected chi connectivity index (χ1v) is 8.65. The second-order valence-corrected chi connectivity index (χ2v) is 7.29. The van der Waals surface area contributed by atoms with E-state index in [-0.39, 0.29) is 18.8 Å². The van der Waals surface area contributed by atoms with Crippen molar-refractivity contribution in [3.05, 3.63) is 0 Å². The highest BCUT2D eigenvalue weighted by Crippen LogP contribution is 2.14. The van der Waals surface area contributed by atoms with Gasteiger partial charge >= 0.3 is 0 Å². The molecule has 0 aromatic heterocycles. The summed E-state index contributed by atoms with van der Waals surface area (Å²) in [6.07, 6.45) is 0.828. The van der Waals surface area contributed by atoms with E-state index in [0.717, 1.165) is 12.5 Å². The normalized spacial score (nSPS) is 13.4. The summed E-state index contributed by atoms with van der Waals surface area (Å²) in [4.78, 5) is 7.39. The SMILES string of the molecule is CCN=C=NC(CC)N(S(C)(=O)=O)S(C)(=O)=O.Cl. The first kappa shape index (κ1) is 19.9. The third-order valence-corrected chi connectivity index (χ3v) is 5.12. The number of rotatable bonds is 6. The Kier molecular flexibility index (Phi) is 8.67. The van der Waals surface area contributed by atoms with Crippen LogP contribution in [0.5, 0.6) is 0 Å². The van der Waals surface area contributed by atoms with E-state index in [0.29, 0.717) is 10.3 Å². The van der Waals surface area contributed by atoms with E-state index in [1.54, 1.807) is 13.8 Å². The lowest BCUT2D eigenvalue weighted by atomic mass is 10.4. The van der Waals surface area contributed by atoms with Crippen LogP contribution in [-0.2, 0) is 20.0 Å². The molecule has 0 aliphatic heterocycles. The molecular weight excluding hydrogens is 302 g/mol. The monoisotopic (exact) mass is 319 g/mol. The van der Waals surface area contributed by atoms with Crippen molar-refractivity contribution in [2.75, 3.05) is 19.1 Å². The molecule has 0 spiro atoms. The Morgan fingerprint density at radius 1 is 1.11 bits per heavy atom. The van der Waals surface area contributed by atoms with Gasteiger partial charge in [-0.05, 0) is 13.3 Å². The molecule has 0 aromatic rings. The van der Waals surface area contributed by atoms with Crippen molar-refractivity contribution in [1.29, 1.82) is 0 Å². The van der Waals surface area contributed by atoms with Gasteiger partial charge in [0.2, 0.25) is 20.0 Å². The lowest BCUT2D eigenvalue weighted by Gasteiger charge is -2.22. The lowest BCUT2D eigenvalue weighted by Crippen LogP contribution is -2.42. The summed E-state index contributed by atoms with van der Waals surface area (Å²) in [6, 6.07) is 2.29. The molecular formula is C8H18ClN3O4S2. The maximum atomic E-state index is 11.4. The van der Waals surface area contributed by atoms with Crippen LogP contribution >= 0.6 is 12.4 Å². The third-order valence-electron chi connectivity index (χ3n) is 1.70. The average molecular weight is 320 g/mol. The minimum Gasteiger partial charge on any atom is -0.226 e. The fourth-order valence-corrected chi connectivity index (χ4v) is 4.40. The van der Waals surface area contributed by atoms with E-state index in [4.69, 9.17) is 0 Å². The maximum absolute atomic E-state index is 11.4. The van der Waals surface area contributed by atoms with Gasteiger partial charge in [-0.25, -0.2) is 26.8 Å². The highest BCUT2D eigenvalue weighted by molar-refractivity contribution is 8.03. The molecule has 0 radical (unpaired) electrons. The third kappa shape index (κ3) is 6.46. The summed E-state index contributed by atoms with van der Waals surface area (Å²) in [5, 5.41) is 0. The number of halogens is 1. The zero-order valence-corrected chi connectivity index (χ0v) is 13.1. The van der Waals surface area contributed by atoms with Crippen molar-refractivity contribution < 1.29 is 16.8 Å². The molecule has 108 valence electrons. The van der Waals surface area contributed by atoms with E-state index in [2.05, 4.69) is 16.0 Å². The van der Waals surface area contributed by atoms with Gasteiger partial charge in [0.25, 0.3) is 0 Å². The fraction of sp³-hybridized carbons (Fsp3) is 0.875. The molecule has 0 aliphatic carbocycles. The van der Waals surface area contributed by atoms with E-state index < -0.39 is 26.2 Å². The Morgan fingerprint density at radius 3 is 1.83 bits per heavy atom. The molecule has 18 heavy (non-hydrogen) atoms. The molecule has 0 bridgehead atoms. The standard InChI is InChI=1S/C8H17N3O4S2.ClH/c1-5-8(10-7-9-6-2)11(16(3,12)13)17(4,14)15;/h8H,5-6H2,1-4H3;1H. The Hall–Kier alpha value is -0.470. The summed E-state index contributed by atoms with van der Waals surface area (Å²) >= 11 is 0. The smallest absolute Gasteiger partial charge is 0.226 e. The number of hydrogen-bond acceptors (Lipinski definition) is 6. The van der Waals surface area contributed by atoms with Gasteiger partial charge in [-0.1, -0.05) is 10.6 Å². The van der Waals surface area contributed by atoms with E-state index in [1.807, 2.05) is 0 Å². The molecule has 1 unspecified atom stereocenters. The van der Waals surface area contributed by atoms with Crippen LogP contribution in [0.3, 0.4) is 0 Å². The Morgan fingerprint density at radius 2 is 1.56 bits per heavy atom. The lowest BCUT2D eigenvalue weighted by molar-refractivity contribution is 0.427. The molecule has 0 rings (SSSR count). The molecule has 0 amide bonds. The molecule has 7 nitrogen and oxygen atoms in total. The predicted octanol–water partition coefficient (Wildman–Crippen LogP) is 0.559. The van der Waals surface area contributed by atoms with Crippen LogP contribution < -0.4 is 0 Å². The van der Waals surface area contributed by atoms with E-state index in [1.165, 1.54) is 0 Å². The van der Waals surface area contributed by atoms with Gasteiger partial charge in [-0.2, -0.15) is 0 Å². The second-order valence-electron chi connectivity index (χ2n) is 3.34. The second kappa shape index (κ2) is 7.85. The minimum absolute atomic E-state index is 0. The average Bonchev–Trinajstić information content (AvgIpc) is 2.12. The summed E-state index contributed by atoms with van der Waals surface area (Å²) < 4.78 is 46.1. The van der Waals surface area contributed by atoms with Crippen LogP contribution in [0.15, 0.2) is 9.98 Å². The van der Waals surface area contributed by atoms with Gasteiger partial charge in [0.1, 0.15) is 6.17 Å². The van der Waals surface area contributed by atoms with Crippen LogP contribution in [0.2, 0.25) is 0 Å². The van der Waals surface area contributed by atoms with Gasteiger partial charge in [0.15, 0.2) is 0 Å². The zero-order chi connectivity index (χ0) is 13.7. The Bertz CT molecular complexity index is 476. The van der Waals surface area contributed by atoms with Gasteiger partial charge < -0.3 is 0 Å². The van der Waals surface area contributed by atoms with Crippen LogP contribution in [-0.4, -0.2) is 51.8 Å². The van der Waals surface area contributed by atoms with Gasteiger partial charge in [-0.3, -0.25) is 0 Å². The largest absolute Gasteiger partial charge is 0.226 e. The Balaban J connectivity index is 0. The van der Waals surface area contributed by atoms with Crippen LogP contribution in [0.25, 0.3) is 0 Å². The zero-order valence-electron chi connectivity index (χ0n) is 10.7. The minimum atomic E-state index is -3.90. The molecule has 0 aromatic carbocycles. The maximum Gasteiger partial charge on any atom is 0.226 e. The quantitative estimate of drug-likeness (QED) is 0.668. The molecule has 0 fully saturated rings. The molecule has 0 heterocycles. The highest BCUT2D eigenvalue weighted by atomic mass is 35.5. The summed E-state index contributed by atoms with van der Waals surface area (Å²) in [5.74, 6) is 0. The number of hydrogen-bond donors (Lipinski definition) is 0. The van der Waals surface area contributed by atoms with Crippen molar-refractivity contribution in [3.8, 4) is 0 Å². The van der Waals surface area contributed by atoms with Gasteiger partial charge in [0, 0.05) is 6.54 Å². The van der Waals surface area contributed by atoms with Gasteiger partial charge in [0.05, 0.1) is 18.5 Å². The Labute approximate surface area is 115 Å². The van der Waals surface area contributed by atoms with Crippen LogP contribution in [0.1, 0.15) is 20.3 Å². The molecule has 1 atom stereocenters. The number of sulfonamides is 2. The summed E-state index contributed by atoms with van der Waals surface area (Å²) in [7, 11) is -7.80. The van der Waals surface area contributed by atoms with Crippen molar-refractivity contribution in [2.45, 2.75) is 26.4 Å². The predicted molar refractivity (Wildman–Crippen MR) is 73.3 cm³/mol. The summed E-state index contributed by atoms with van der Waals surface area (Å²) in [6.45, 7) is 3.83. The molecule has 0 N–H and O–H groups in total. The number of aliphatic imine (C=N–C) groups is 2. The van der Waals surface area contributed by atoms with Crippen LogP contribution in [0.4, 0.5) is 0 Å². The first-order chi connectivity index (χ1) is 7.64. The molecule has 0 saturated carbocycles. The van der Waals surface area contributed by atoms with Crippen molar-refractivity contribution >= 4 is 38.5 Å². The van der Waals surface area contributed by atoms with Crippen molar-refractivity contribution in [3.63, 3.8) is 0 Å². The first-order valence-electron chi connectivity index (χ1n) is 4.95. The summed E-state index contributed by atoms with van der Waals surface area (Å²) in [5.41, 5.74) is 0. The number of nitrogens with zero attached hydrogens (tertiary/aromatic N) is 3. The van der Waals surface area contributed by atoms with Gasteiger partial charge in [-0.15, -0.1) is 12.4 Å². The topological polar surface area (TPSA) is 96.2 Å². The molecule has 0 aliphatic rings.